The van der Waals surface area contributed by atoms with E-state index in [1.54, 1.807) is 7.05 Å². The van der Waals surface area contributed by atoms with Crippen LogP contribution in [0.1, 0.15) is 16.7 Å². The SMILES string of the molecule is CN=C(NCc1ccc(N2CCN(C)CC2)nc1)N(C)Cc1ccc(C(F)(F)F)cc1. The number of pyridine rings is 1. The summed E-state index contributed by atoms with van der Waals surface area (Å²) in [5.74, 6) is 1.64. The first-order valence-corrected chi connectivity index (χ1v) is 10.2. The largest absolute Gasteiger partial charge is 0.416 e. The first-order chi connectivity index (χ1) is 14.8. The lowest BCUT2D eigenvalue weighted by Gasteiger charge is -2.33. The molecule has 0 amide bonds. The van der Waals surface area contributed by atoms with Crippen LogP contribution in [-0.4, -0.2) is 68.1 Å². The van der Waals surface area contributed by atoms with E-state index in [1.807, 2.05) is 24.2 Å². The number of hydrogen-bond acceptors (Lipinski definition) is 4. The van der Waals surface area contributed by atoms with Crippen LogP contribution in [0.25, 0.3) is 0 Å². The highest BCUT2D eigenvalue weighted by molar-refractivity contribution is 5.79. The summed E-state index contributed by atoms with van der Waals surface area (Å²) in [6.45, 7) is 5.02. The Balaban J connectivity index is 1.52. The molecule has 0 bridgehead atoms. The van der Waals surface area contributed by atoms with Crippen molar-refractivity contribution < 1.29 is 13.2 Å². The second-order valence-corrected chi connectivity index (χ2v) is 7.77. The molecule has 1 aromatic carbocycles. The third-order valence-corrected chi connectivity index (χ3v) is 5.36. The molecule has 31 heavy (non-hydrogen) atoms. The van der Waals surface area contributed by atoms with Gasteiger partial charge in [-0.15, -0.1) is 0 Å². The molecule has 0 saturated carbocycles. The maximum atomic E-state index is 12.7. The number of rotatable bonds is 5. The molecule has 1 fully saturated rings. The van der Waals surface area contributed by atoms with Crippen LogP contribution in [0, 0.1) is 0 Å². The van der Waals surface area contributed by atoms with Gasteiger partial charge in [0.1, 0.15) is 5.82 Å². The number of benzene rings is 1. The van der Waals surface area contributed by atoms with Gasteiger partial charge in [0.2, 0.25) is 0 Å². The summed E-state index contributed by atoms with van der Waals surface area (Å²) < 4.78 is 38.2. The van der Waals surface area contributed by atoms with Gasteiger partial charge in [0.25, 0.3) is 0 Å². The summed E-state index contributed by atoms with van der Waals surface area (Å²) >= 11 is 0. The van der Waals surface area contributed by atoms with Crippen LogP contribution < -0.4 is 10.2 Å². The van der Waals surface area contributed by atoms with Gasteiger partial charge < -0.3 is 20.0 Å². The van der Waals surface area contributed by atoms with Gasteiger partial charge in [-0.3, -0.25) is 4.99 Å². The van der Waals surface area contributed by atoms with E-state index < -0.39 is 11.7 Å². The van der Waals surface area contributed by atoms with E-state index in [4.69, 9.17) is 0 Å². The number of aliphatic imine (C=N–C) groups is 1. The zero-order valence-corrected chi connectivity index (χ0v) is 18.2. The summed E-state index contributed by atoms with van der Waals surface area (Å²) in [6, 6.07) is 9.29. The van der Waals surface area contributed by atoms with Crippen molar-refractivity contribution in [2.75, 3.05) is 52.2 Å². The lowest BCUT2D eigenvalue weighted by atomic mass is 10.1. The Labute approximate surface area is 181 Å². The molecule has 0 unspecified atom stereocenters. The number of aromatic nitrogens is 1. The van der Waals surface area contributed by atoms with E-state index in [0.29, 0.717) is 19.0 Å². The minimum Gasteiger partial charge on any atom is -0.354 e. The first kappa shape index (κ1) is 22.9. The van der Waals surface area contributed by atoms with E-state index in [0.717, 1.165) is 55.3 Å². The Morgan fingerprint density at radius 3 is 2.26 bits per heavy atom. The van der Waals surface area contributed by atoms with Crippen molar-refractivity contribution in [3.63, 3.8) is 0 Å². The number of likely N-dealkylation sites (N-methyl/N-ethyl adjacent to an activating group) is 1. The zero-order valence-electron chi connectivity index (χ0n) is 18.2. The van der Waals surface area contributed by atoms with Gasteiger partial charge in [0, 0.05) is 59.6 Å². The summed E-state index contributed by atoms with van der Waals surface area (Å²) in [4.78, 5) is 15.3. The molecule has 1 aliphatic rings. The third kappa shape index (κ3) is 6.33. The molecule has 9 heteroatoms. The minimum absolute atomic E-state index is 0.443. The number of halogens is 3. The van der Waals surface area contributed by atoms with E-state index in [1.165, 1.54) is 12.1 Å². The topological polar surface area (TPSA) is 47.0 Å². The Morgan fingerprint density at radius 1 is 1.06 bits per heavy atom. The molecule has 1 aromatic heterocycles. The summed E-state index contributed by atoms with van der Waals surface area (Å²) in [5, 5.41) is 3.28. The Bertz CT molecular complexity index is 856. The summed E-state index contributed by atoms with van der Waals surface area (Å²) in [5.41, 5.74) is 1.16. The smallest absolute Gasteiger partial charge is 0.354 e. The molecule has 168 valence electrons. The number of alkyl halides is 3. The van der Waals surface area contributed by atoms with Crippen molar-refractivity contribution >= 4 is 11.8 Å². The minimum atomic E-state index is -4.32. The average Bonchev–Trinajstić information content (AvgIpc) is 2.75. The fraction of sp³-hybridized carbons (Fsp3) is 0.455. The van der Waals surface area contributed by atoms with E-state index in [2.05, 4.69) is 38.2 Å². The van der Waals surface area contributed by atoms with Crippen LogP contribution in [0.2, 0.25) is 0 Å². The van der Waals surface area contributed by atoms with Crippen LogP contribution in [0.3, 0.4) is 0 Å². The first-order valence-electron chi connectivity index (χ1n) is 10.2. The molecule has 2 heterocycles. The highest BCUT2D eigenvalue weighted by atomic mass is 19.4. The van der Waals surface area contributed by atoms with Gasteiger partial charge in [-0.2, -0.15) is 13.2 Å². The van der Waals surface area contributed by atoms with Crippen LogP contribution in [0.15, 0.2) is 47.6 Å². The summed E-state index contributed by atoms with van der Waals surface area (Å²) in [7, 11) is 5.66. The summed E-state index contributed by atoms with van der Waals surface area (Å²) in [6.07, 6.45) is -2.46. The number of nitrogens with one attached hydrogen (secondary N) is 1. The van der Waals surface area contributed by atoms with Gasteiger partial charge in [0.15, 0.2) is 5.96 Å². The number of piperazine rings is 1. The van der Waals surface area contributed by atoms with E-state index in [9.17, 15) is 13.2 Å². The van der Waals surface area contributed by atoms with Crippen LogP contribution in [0.4, 0.5) is 19.0 Å². The molecule has 0 radical (unpaired) electrons. The van der Waals surface area contributed by atoms with Crippen molar-refractivity contribution in [2.24, 2.45) is 4.99 Å². The molecule has 1 aliphatic heterocycles. The molecular formula is C22H29F3N6. The molecule has 0 atom stereocenters. The van der Waals surface area contributed by atoms with Crippen LogP contribution in [-0.2, 0) is 19.3 Å². The lowest BCUT2D eigenvalue weighted by molar-refractivity contribution is -0.137. The van der Waals surface area contributed by atoms with E-state index in [-0.39, 0.29) is 0 Å². The number of anilines is 1. The quantitative estimate of drug-likeness (QED) is 0.579. The Morgan fingerprint density at radius 2 is 1.71 bits per heavy atom. The average molecular weight is 435 g/mol. The number of guanidine groups is 1. The van der Waals surface area contributed by atoms with Gasteiger partial charge in [-0.05, 0) is 36.4 Å². The number of hydrogen-bond donors (Lipinski definition) is 1. The second-order valence-electron chi connectivity index (χ2n) is 7.77. The predicted octanol–water partition coefficient (Wildman–Crippen LogP) is 3.06. The fourth-order valence-corrected chi connectivity index (χ4v) is 3.46. The molecule has 1 saturated heterocycles. The molecular weight excluding hydrogens is 405 g/mol. The zero-order chi connectivity index (χ0) is 22.4. The molecule has 2 aromatic rings. The van der Waals surface area contributed by atoms with Gasteiger partial charge in [0.05, 0.1) is 5.56 Å². The Hall–Kier alpha value is -2.81. The van der Waals surface area contributed by atoms with Crippen LogP contribution in [0.5, 0.6) is 0 Å². The van der Waals surface area contributed by atoms with E-state index >= 15 is 0 Å². The standard InChI is InChI=1S/C22H29F3N6/c1-26-21(30(3)16-17-4-7-19(8-5-17)22(23,24)25)28-15-18-6-9-20(27-14-18)31-12-10-29(2)11-13-31/h4-9,14H,10-13,15-16H2,1-3H3,(H,26,28). The predicted molar refractivity (Wildman–Crippen MR) is 117 cm³/mol. The molecule has 0 aliphatic carbocycles. The lowest BCUT2D eigenvalue weighted by Crippen LogP contribution is -2.44. The van der Waals surface area contributed by atoms with Crippen molar-refractivity contribution in [1.82, 2.24) is 20.1 Å². The molecule has 6 nitrogen and oxygen atoms in total. The van der Waals surface area contributed by atoms with Crippen molar-refractivity contribution in [1.29, 1.82) is 0 Å². The highest BCUT2D eigenvalue weighted by Gasteiger charge is 2.30. The molecule has 0 spiro atoms. The Kier molecular flexibility index (Phi) is 7.37. The monoisotopic (exact) mass is 434 g/mol. The normalized spacial score (nSPS) is 15.8. The molecule has 3 rings (SSSR count). The van der Waals surface area contributed by atoms with Crippen molar-refractivity contribution in [2.45, 2.75) is 19.3 Å². The van der Waals surface area contributed by atoms with Gasteiger partial charge in [-0.25, -0.2) is 4.98 Å². The maximum Gasteiger partial charge on any atom is 0.416 e. The molecule has 1 N–H and O–H groups in total. The second kappa shape index (κ2) is 10.00. The van der Waals surface area contributed by atoms with Crippen LogP contribution >= 0.6 is 0 Å². The fourth-order valence-electron chi connectivity index (χ4n) is 3.46. The van der Waals surface area contributed by atoms with Gasteiger partial charge >= 0.3 is 6.18 Å². The maximum absolute atomic E-state index is 12.7. The highest BCUT2D eigenvalue weighted by Crippen LogP contribution is 2.29. The number of nitrogens with zero attached hydrogens (tertiary/aromatic N) is 5. The van der Waals surface area contributed by atoms with Crippen molar-refractivity contribution in [3.8, 4) is 0 Å². The van der Waals surface area contributed by atoms with Gasteiger partial charge in [-0.1, -0.05) is 18.2 Å². The van der Waals surface area contributed by atoms with Crippen molar-refractivity contribution in [3.05, 3.63) is 59.3 Å². The third-order valence-electron chi connectivity index (χ3n) is 5.36.